The number of hydrogen-bond acceptors (Lipinski definition) is 2. The van der Waals surface area contributed by atoms with Crippen molar-refractivity contribution in [1.82, 2.24) is 4.98 Å². The van der Waals surface area contributed by atoms with Gasteiger partial charge in [-0.1, -0.05) is 12.1 Å². The first-order chi connectivity index (χ1) is 6.18. The van der Waals surface area contributed by atoms with Crippen LogP contribution in [0.5, 0.6) is 5.75 Å². The minimum Gasteiger partial charge on any atom is -0.506 e. The van der Waals surface area contributed by atoms with Crippen LogP contribution in [0.4, 0.5) is 4.39 Å². The van der Waals surface area contributed by atoms with Crippen molar-refractivity contribution in [2.24, 2.45) is 0 Å². The first-order valence-corrected chi connectivity index (χ1v) is 3.92. The molecule has 66 valence electrons. The van der Waals surface area contributed by atoms with E-state index in [9.17, 15) is 4.39 Å². The molecule has 0 atom stereocenters. The van der Waals surface area contributed by atoms with Crippen LogP contribution in [-0.4, -0.2) is 10.1 Å². The Morgan fingerprint density at radius 2 is 2.15 bits per heavy atom. The van der Waals surface area contributed by atoms with E-state index in [1.54, 1.807) is 19.1 Å². The van der Waals surface area contributed by atoms with Crippen LogP contribution in [0.1, 0.15) is 5.56 Å². The highest BCUT2D eigenvalue weighted by atomic mass is 19.1. The summed E-state index contributed by atoms with van der Waals surface area (Å²) in [5.74, 6) is -0.270. The quantitative estimate of drug-likeness (QED) is 0.670. The van der Waals surface area contributed by atoms with E-state index < -0.39 is 0 Å². The number of nitrogens with zero attached hydrogens (tertiary/aromatic N) is 1. The molecule has 1 N–H and O–H groups in total. The normalized spacial score (nSPS) is 10.6. The van der Waals surface area contributed by atoms with Crippen LogP contribution < -0.4 is 0 Å². The Labute approximate surface area is 74.7 Å². The third-order valence-electron chi connectivity index (χ3n) is 1.97. The molecule has 0 unspecified atom stereocenters. The summed E-state index contributed by atoms with van der Waals surface area (Å²) < 4.78 is 13.4. The summed E-state index contributed by atoms with van der Waals surface area (Å²) in [5, 5.41) is 9.72. The van der Waals surface area contributed by atoms with E-state index in [-0.39, 0.29) is 11.6 Å². The lowest BCUT2D eigenvalue weighted by Crippen LogP contribution is -1.87. The topological polar surface area (TPSA) is 33.1 Å². The summed E-state index contributed by atoms with van der Waals surface area (Å²) in [4.78, 5) is 3.82. The van der Waals surface area contributed by atoms with Gasteiger partial charge >= 0.3 is 0 Å². The summed E-state index contributed by atoms with van der Waals surface area (Å²) in [6.45, 7) is 1.68. The van der Waals surface area contributed by atoms with Gasteiger partial charge in [0, 0.05) is 5.39 Å². The van der Waals surface area contributed by atoms with Crippen molar-refractivity contribution in [2.45, 2.75) is 6.92 Å². The van der Waals surface area contributed by atoms with E-state index in [0.717, 1.165) is 0 Å². The van der Waals surface area contributed by atoms with Crippen molar-refractivity contribution < 1.29 is 9.50 Å². The molecular weight excluding hydrogens is 169 g/mol. The number of rotatable bonds is 0. The molecule has 0 aliphatic heterocycles. The number of fused-ring (bicyclic) bond motifs is 1. The number of aryl methyl sites for hydroxylation is 1. The van der Waals surface area contributed by atoms with Crippen LogP contribution >= 0.6 is 0 Å². The van der Waals surface area contributed by atoms with Crippen LogP contribution in [0.3, 0.4) is 0 Å². The highest BCUT2D eigenvalue weighted by molar-refractivity contribution is 5.80. The SMILES string of the molecule is Cc1ccc2cc(O)cnc2c1F. The molecule has 0 bridgehead atoms. The molecule has 0 fully saturated rings. The first-order valence-electron chi connectivity index (χ1n) is 3.92. The zero-order valence-corrected chi connectivity index (χ0v) is 7.08. The number of pyridine rings is 1. The van der Waals surface area contributed by atoms with Gasteiger partial charge in [-0.2, -0.15) is 0 Å². The maximum atomic E-state index is 13.4. The fraction of sp³-hybridized carbons (Fsp3) is 0.100. The van der Waals surface area contributed by atoms with Crippen LogP contribution in [0.2, 0.25) is 0 Å². The Bertz CT molecular complexity index is 468. The summed E-state index contributed by atoms with van der Waals surface area (Å²) >= 11 is 0. The molecule has 2 aromatic rings. The molecule has 1 heterocycles. The maximum Gasteiger partial charge on any atom is 0.152 e. The zero-order valence-electron chi connectivity index (χ0n) is 7.08. The Morgan fingerprint density at radius 1 is 1.38 bits per heavy atom. The van der Waals surface area contributed by atoms with E-state index in [4.69, 9.17) is 5.11 Å². The molecule has 0 saturated heterocycles. The lowest BCUT2D eigenvalue weighted by molar-refractivity contribution is 0.473. The number of halogens is 1. The fourth-order valence-electron chi connectivity index (χ4n) is 1.26. The summed E-state index contributed by atoms with van der Waals surface area (Å²) in [6.07, 6.45) is 1.24. The molecule has 1 aromatic heterocycles. The van der Waals surface area contributed by atoms with Gasteiger partial charge in [0.25, 0.3) is 0 Å². The lowest BCUT2D eigenvalue weighted by atomic mass is 10.1. The van der Waals surface area contributed by atoms with Gasteiger partial charge in [0.1, 0.15) is 11.3 Å². The molecule has 0 aliphatic carbocycles. The second kappa shape index (κ2) is 2.69. The minimum atomic E-state index is -0.322. The summed E-state index contributed by atoms with van der Waals surface area (Å²) in [5.41, 5.74) is 0.864. The van der Waals surface area contributed by atoms with Crippen LogP contribution in [0.25, 0.3) is 10.9 Å². The van der Waals surface area contributed by atoms with Crippen molar-refractivity contribution in [3.05, 3.63) is 35.8 Å². The number of benzene rings is 1. The van der Waals surface area contributed by atoms with Crippen LogP contribution in [-0.2, 0) is 0 Å². The Hall–Kier alpha value is -1.64. The van der Waals surface area contributed by atoms with Gasteiger partial charge in [0.2, 0.25) is 0 Å². The Morgan fingerprint density at radius 3 is 2.92 bits per heavy atom. The first kappa shape index (κ1) is 7.98. The smallest absolute Gasteiger partial charge is 0.152 e. The third kappa shape index (κ3) is 1.22. The van der Waals surface area contributed by atoms with Crippen LogP contribution in [0, 0.1) is 12.7 Å². The predicted octanol–water partition coefficient (Wildman–Crippen LogP) is 2.39. The average molecular weight is 177 g/mol. The third-order valence-corrected chi connectivity index (χ3v) is 1.97. The monoisotopic (exact) mass is 177 g/mol. The molecular formula is C10H8FNO. The van der Waals surface area contributed by atoms with Gasteiger partial charge in [-0.25, -0.2) is 9.37 Å². The van der Waals surface area contributed by atoms with E-state index in [1.165, 1.54) is 12.3 Å². The summed E-state index contributed by atoms with van der Waals surface area (Å²) in [6, 6.07) is 4.89. The lowest BCUT2D eigenvalue weighted by Gasteiger charge is -2.01. The van der Waals surface area contributed by atoms with Gasteiger partial charge in [-0.15, -0.1) is 0 Å². The van der Waals surface area contributed by atoms with Crippen molar-refractivity contribution in [3.8, 4) is 5.75 Å². The Balaban J connectivity index is 2.87. The maximum absolute atomic E-state index is 13.4. The molecule has 2 nitrogen and oxygen atoms in total. The molecule has 0 aliphatic rings. The van der Waals surface area contributed by atoms with Gasteiger partial charge in [0.05, 0.1) is 6.20 Å². The van der Waals surface area contributed by atoms with Crippen molar-refractivity contribution >= 4 is 10.9 Å². The number of aromatic hydroxyl groups is 1. The van der Waals surface area contributed by atoms with Crippen molar-refractivity contribution in [1.29, 1.82) is 0 Å². The van der Waals surface area contributed by atoms with Crippen molar-refractivity contribution in [3.63, 3.8) is 0 Å². The largest absolute Gasteiger partial charge is 0.506 e. The second-order valence-electron chi connectivity index (χ2n) is 2.96. The van der Waals surface area contributed by atoms with Crippen molar-refractivity contribution in [2.75, 3.05) is 0 Å². The van der Waals surface area contributed by atoms with Gasteiger partial charge in [-0.05, 0) is 18.6 Å². The van der Waals surface area contributed by atoms with Gasteiger partial charge < -0.3 is 5.11 Å². The minimum absolute atomic E-state index is 0.0516. The molecule has 0 spiro atoms. The van der Waals surface area contributed by atoms with E-state index >= 15 is 0 Å². The molecule has 13 heavy (non-hydrogen) atoms. The summed E-state index contributed by atoms with van der Waals surface area (Å²) in [7, 11) is 0. The Kier molecular flexibility index (Phi) is 1.65. The molecule has 0 radical (unpaired) electrons. The standard InChI is InChI=1S/C10H8FNO/c1-6-2-3-7-4-8(13)5-12-10(7)9(6)11/h2-5,13H,1H3. The molecule has 2 rings (SSSR count). The molecule has 0 amide bonds. The highest BCUT2D eigenvalue weighted by Gasteiger charge is 2.05. The predicted molar refractivity (Wildman–Crippen MR) is 48.1 cm³/mol. The van der Waals surface area contributed by atoms with Gasteiger partial charge in [0.15, 0.2) is 5.82 Å². The van der Waals surface area contributed by atoms with E-state index in [2.05, 4.69) is 4.98 Å². The van der Waals surface area contributed by atoms with E-state index in [0.29, 0.717) is 16.5 Å². The second-order valence-corrected chi connectivity index (χ2v) is 2.96. The molecule has 3 heteroatoms. The zero-order chi connectivity index (χ0) is 9.42. The molecule has 0 saturated carbocycles. The average Bonchev–Trinajstić information content (AvgIpc) is 2.12. The van der Waals surface area contributed by atoms with E-state index in [1.807, 2.05) is 0 Å². The number of aromatic nitrogens is 1. The number of hydrogen-bond donors (Lipinski definition) is 1. The van der Waals surface area contributed by atoms with Gasteiger partial charge in [-0.3, -0.25) is 0 Å². The fourth-order valence-corrected chi connectivity index (χ4v) is 1.26. The van der Waals surface area contributed by atoms with Crippen LogP contribution in [0.15, 0.2) is 24.4 Å². The highest BCUT2D eigenvalue weighted by Crippen LogP contribution is 2.21. The molecule has 1 aromatic carbocycles.